The lowest BCUT2D eigenvalue weighted by atomic mass is 10.1. The summed E-state index contributed by atoms with van der Waals surface area (Å²) >= 11 is 6.03. The molecular weight excluding hydrogens is 361 g/mol. The molecule has 0 spiro atoms. The van der Waals surface area contributed by atoms with Gasteiger partial charge in [0.2, 0.25) is 0 Å². The van der Waals surface area contributed by atoms with Gasteiger partial charge in [-0.05, 0) is 43.2 Å². The van der Waals surface area contributed by atoms with Gasteiger partial charge in [-0.3, -0.25) is 9.59 Å². The average molecular weight is 380 g/mol. The van der Waals surface area contributed by atoms with E-state index in [1.54, 1.807) is 25.1 Å². The first-order chi connectivity index (χ1) is 12.3. The van der Waals surface area contributed by atoms with Crippen LogP contribution in [0.4, 0.5) is 10.1 Å². The minimum atomic E-state index is -1.03. The van der Waals surface area contributed by atoms with Crippen LogP contribution in [0.5, 0.6) is 5.75 Å². The molecule has 1 N–H and O–H groups in total. The second-order valence-electron chi connectivity index (χ2n) is 5.73. The number of anilines is 1. The summed E-state index contributed by atoms with van der Waals surface area (Å²) in [6.45, 7) is 3.24. The van der Waals surface area contributed by atoms with E-state index >= 15 is 0 Å². The van der Waals surface area contributed by atoms with Crippen LogP contribution in [0.2, 0.25) is 5.02 Å². The number of ether oxygens (including phenoxy) is 2. The van der Waals surface area contributed by atoms with Crippen LogP contribution in [-0.4, -0.2) is 25.1 Å². The second kappa shape index (κ2) is 8.67. The number of hydrogen-bond donors (Lipinski definition) is 1. The molecule has 0 aliphatic rings. The molecule has 0 unspecified atom stereocenters. The molecule has 7 heteroatoms. The smallest absolute Gasteiger partial charge is 0.311 e. The van der Waals surface area contributed by atoms with E-state index in [0.29, 0.717) is 22.0 Å². The Bertz CT molecular complexity index is 825. The average Bonchev–Trinajstić information content (AvgIpc) is 2.57. The van der Waals surface area contributed by atoms with Gasteiger partial charge in [-0.15, -0.1) is 0 Å². The molecule has 26 heavy (non-hydrogen) atoms. The molecule has 0 bridgehead atoms. The van der Waals surface area contributed by atoms with Crippen molar-refractivity contribution in [1.29, 1.82) is 0 Å². The molecule has 0 heterocycles. The summed E-state index contributed by atoms with van der Waals surface area (Å²) in [5.41, 5.74) is 1.66. The number of carbonyl (C=O) groups is 2. The van der Waals surface area contributed by atoms with Crippen molar-refractivity contribution in [2.75, 3.05) is 12.4 Å². The molecule has 1 amide bonds. The summed E-state index contributed by atoms with van der Waals surface area (Å²) in [4.78, 5) is 24.2. The van der Waals surface area contributed by atoms with Crippen molar-refractivity contribution in [1.82, 2.24) is 0 Å². The Kier molecular flexibility index (Phi) is 6.58. The second-order valence-corrected chi connectivity index (χ2v) is 6.14. The van der Waals surface area contributed by atoms with Crippen LogP contribution < -0.4 is 10.1 Å². The normalized spacial score (nSPS) is 11.6. The van der Waals surface area contributed by atoms with E-state index in [2.05, 4.69) is 5.32 Å². The van der Waals surface area contributed by atoms with Gasteiger partial charge in [-0.25, -0.2) is 4.39 Å². The number of esters is 1. The van der Waals surface area contributed by atoms with Crippen molar-refractivity contribution < 1.29 is 23.5 Å². The summed E-state index contributed by atoms with van der Waals surface area (Å²) in [5.74, 6) is -1.19. The van der Waals surface area contributed by atoms with Crippen molar-refractivity contribution in [2.45, 2.75) is 26.4 Å². The van der Waals surface area contributed by atoms with Gasteiger partial charge in [0.05, 0.1) is 19.2 Å². The lowest BCUT2D eigenvalue weighted by Gasteiger charge is -2.16. The van der Waals surface area contributed by atoms with Crippen LogP contribution in [-0.2, 0) is 20.7 Å². The molecular formula is C19H19ClFNO4. The zero-order chi connectivity index (χ0) is 19.3. The largest absolute Gasteiger partial charge is 0.495 e. The van der Waals surface area contributed by atoms with E-state index in [9.17, 15) is 14.0 Å². The number of benzene rings is 2. The van der Waals surface area contributed by atoms with Gasteiger partial charge in [-0.2, -0.15) is 0 Å². The molecule has 0 aliphatic carbocycles. The first-order valence-corrected chi connectivity index (χ1v) is 8.27. The first kappa shape index (κ1) is 19.7. The van der Waals surface area contributed by atoms with Gasteiger partial charge < -0.3 is 14.8 Å². The number of halogens is 2. The zero-order valence-corrected chi connectivity index (χ0v) is 15.4. The molecule has 5 nitrogen and oxygen atoms in total. The van der Waals surface area contributed by atoms with E-state index in [1.165, 1.54) is 32.2 Å². The van der Waals surface area contributed by atoms with Crippen LogP contribution in [0.1, 0.15) is 18.1 Å². The number of aryl methyl sites for hydroxylation is 1. The molecule has 138 valence electrons. The van der Waals surface area contributed by atoms with Crippen molar-refractivity contribution in [3.05, 3.63) is 58.4 Å². The van der Waals surface area contributed by atoms with E-state index in [4.69, 9.17) is 21.1 Å². The monoisotopic (exact) mass is 379 g/mol. The molecule has 0 fully saturated rings. The Morgan fingerprint density at radius 3 is 2.65 bits per heavy atom. The predicted molar refractivity (Wildman–Crippen MR) is 97.0 cm³/mol. The van der Waals surface area contributed by atoms with Gasteiger partial charge in [0, 0.05) is 11.1 Å². The third-order valence-corrected chi connectivity index (χ3v) is 4.06. The molecule has 0 aliphatic heterocycles. The molecule has 0 radical (unpaired) electrons. The molecule has 0 saturated heterocycles. The fraction of sp³-hybridized carbons (Fsp3) is 0.263. The van der Waals surface area contributed by atoms with Gasteiger partial charge in [0.15, 0.2) is 6.10 Å². The topological polar surface area (TPSA) is 64.6 Å². The van der Waals surface area contributed by atoms with Gasteiger partial charge >= 0.3 is 5.97 Å². The number of hydrogen-bond acceptors (Lipinski definition) is 4. The summed E-state index contributed by atoms with van der Waals surface area (Å²) < 4.78 is 23.5. The van der Waals surface area contributed by atoms with E-state index in [-0.39, 0.29) is 6.42 Å². The number of nitrogens with one attached hydrogen (secondary N) is 1. The van der Waals surface area contributed by atoms with Crippen LogP contribution in [0.15, 0.2) is 36.4 Å². The Labute approximate surface area is 156 Å². The lowest BCUT2D eigenvalue weighted by Crippen LogP contribution is -2.30. The van der Waals surface area contributed by atoms with Crippen LogP contribution in [0, 0.1) is 12.7 Å². The van der Waals surface area contributed by atoms with Crippen molar-refractivity contribution >= 4 is 29.2 Å². The van der Waals surface area contributed by atoms with Gasteiger partial charge in [0.25, 0.3) is 5.91 Å². The molecule has 2 aromatic rings. The minimum absolute atomic E-state index is 0.126. The fourth-order valence-corrected chi connectivity index (χ4v) is 2.42. The molecule has 2 rings (SSSR count). The first-order valence-electron chi connectivity index (χ1n) is 7.89. The highest BCUT2D eigenvalue weighted by Gasteiger charge is 2.20. The predicted octanol–water partition coefficient (Wildman–Crippen LogP) is 3.91. The SMILES string of the molecule is COc1cc(Cl)c(C)cc1NC(=O)[C@H](C)OC(=O)Cc1cccc(F)c1. The minimum Gasteiger partial charge on any atom is -0.495 e. The number of rotatable bonds is 6. The van der Waals surface area contributed by atoms with Crippen molar-refractivity contribution in [3.8, 4) is 5.75 Å². The third kappa shape index (κ3) is 5.20. The summed E-state index contributed by atoms with van der Waals surface area (Å²) in [6, 6.07) is 8.90. The van der Waals surface area contributed by atoms with Crippen LogP contribution in [0.25, 0.3) is 0 Å². The highest BCUT2D eigenvalue weighted by atomic mass is 35.5. The maximum atomic E-state index is 13.1. The molecule has 1 atom stereocenters. The maximum absolute atomic E-state index is 13.1. The molecule has 0 saturated carbocycles. The number of amides is 1. The summed E-state index contributed by atoms with van der Waals surface area (Å²) in [5, 5.41) is 3.16. The zero-order valence-electron chi connectivity index (χ0n) is 14.6. The highest BCUT2D eigenvalue weighted by Crippen LogP contribution is 2.31. The Hall–Kier alpha value is -2.60. The Morgan fingerprint density at radius 1 is 1.27 bits per heavy atom. The lowest BCUT2D eigenvalue weighted by molar-refractivity contribution is -0.152. The quantitative estimate of drug-likeness (QED) is 0.773. The van der Waals surface area contributed by atoms with Crippen molar-refractivity contribution in [3.63, 3.8) is 0 Å². The third-order valence-electron chi connectivity index (χ3n) is 3.65. The van der Waals surface area contributed by atoms with Crippen molar-refractivity contribution in [2.24, 2.45) is 0 Å². The number of carbonyl (C=O) groups excluding carboxylic acids is 2. The van der Waals surface area contributed by atoms with Gasteiger partial charge in [-0.1, -0.05) is 23.7 Å². The van der Waals surface area contributed by atoms with Crippen LogP contribution >= 0.6 is 11.6 Å². The van der Waals surface area contributed by atoms with E-state index in [0.717, 1.165) is 5.56 Å². The maximum Gasteiger partial charge on any atom is 0.311 e. The summed E-state index contributed by atoms with van der Waals surface area (Å²) in [7, 11) is 1.46. The highest BCUT2D eigenvalue weighted by molar-refractivity contribution is 6.31. The summed E-state index contributed by atoms with van der Waals surface area (Å²) in [6.07, 6.45) is -1.16. The molecule has 0 aromatic heterocycles. The Balaban J connectivity index is 1.99. The van der Waals surface area contributed by atoms with Gasteiger partial charge in [0.1, 0.15) is 11.6 Å². The van der Waals surface area contributed by atoms with Crippen LogP contribution in [0.3, 0.4) is 0 Å². The fourth-order valence-electron chi connectivity index (χ4n) is 2.27. The Morgan fingerprint density at radius 2 is 2.00 bits per heavy atom. The molecule has 2 aromatic carbocycles. The van der Waals surface area contributed by atoms with E-state index in [1.807, 2.05) is 0 Å². The number of methoxy groups -OCH3 is 1. The standard InChI is InChI=1S/C19H19ClFNO4/c1-11-7-16(17(25-3)10-15(11)20)22-19(24)12(2)26-18(23)9-13-5-4-6-14(21)8-13/h4-8,10,12H,9H2,1-3H3,(H,22,24)/t12-/m0/s1. The van der Waals surface area contributed by atoms with E-state index < -0.39 is 23.8 Å².